The van der Waals surface area contributed by atoms with Gasteiger partial charge in [0.1, 0.15) is 12.7 Å². The molecule has 4 fully saturated rings. The summed E-state index contributed by atoms with van der Waals surface area (Å²) in [5.74, 6) is 0.287. The molecular formula is C27H33BrO5. The van der Waals surface area contributed by atoms with Crippen molar-refractivity contribution in [1.29, 1.82) is 0 Å². The van der Waals surface area contributed by atoms with Crippen molar-refractivity contribution in [2.45, 2.75) is 64.4 Å². The van der Waals surface area contributed by atoms with E-state index in [9.17, 15) is 9.90 Å². The van der Waals surface area contributed by atoms with E-state index in [0.29, 0.717) is 24.5 Å². The summed E-state index contributed by atoms with van der Waals surface area (Å²) < 4.78 is 19.0. The number of hydrogen-bond donors (Lipinski definition) is 1. The Morgan fingerprint density at radius 3 is 2.76 bits per heavy atom. The Balaban J connectivity index is 1.38. The summed E-state index contributed by atoms with van der Waals surface area (Å²) >= 11 is 3.64. The fourth-order valence-corrected chi connectivity index (χ4v) is 7.50. The van der Waals surface area contributed by atoms with Gasteiger partial charge in [0.15, 0.2) is 6.29 Å². The van der Waals surface area contributed by atoms with E-state index in [0.717, 1.165) is 35.7 Å². The Bertz CT molecular complexity index is 988. The van der Waals surface area contributed by atoms with Gasteiger partial charge in [-0.3, -0.25) is 0 Å². The van der Waals surface area contributed by atoms with Crippen LogP contribution in [0.1, 0.15) is 57.8 Å². The Morgan fingerprint density at radius 1 is 1.24 bits per heavy atom. The number of allylic oxidation sites excluding steroid dienone is 2. The van der Waals surface area contributed by atoms with Crippen molar-refractivity contribution in [1.82, 2.24) is 0 Å². The molecule has 6 heteroatoms. The van der Waals surface area contributed by atoms with Gasteiger partial charge in [-0.2, -0.15) is 0 Å². The number of halogens is 1. The van der Waals surface area contributed by atoms with Crippen molar-refractivity contribution < 1.29 is 24.1 Å². The topological polar surface area (TPSA) is 65.0 Å². The molecule has 4 aliphatic rings. The normalized spacial score (nSPS) is 42.1. The third-order valence-electron chi connectivity index (χ3n) is 8.85. The number of rotatable bonds is 3. The van der Waals surface area contributed by atoms with Gasteiger partial charge in [0.25, 0.3) is 0 Å². The van der Waals surface area contributed by atoms with Gasteiger partial charge in [-0.1, -0.05) is 66.2 Å². The number of esters is 1. The Hall–Kier alpha value is -1.47. The molecule has 7 atom stereocenters. The van der Waals surface area contributed by atoms with Crippen LogP contribution < -0.4 is 0 Å². The van der Waals surface area contributed by atoms with Crippen LogP contribution in [0.25, 0.3) is 0 Å². The van der Waals surface area contributed by atoms with Gasteiger partial charge in [-0.25, -0.2) is 4.79 Å². The van der Waals surface area contributed by atoms with Crippen molar-refractivity contribution in [3.63, 3.8) is 0 Å². The number of ether oxygens (including phenoxy) is 3. The molecule has 0 unspecified atom stereocenters. The lowest BCUT2D eigenvalue weighted by molar-refractivity contribution is -0.307. The number of hydrogen-bond acceptors (Lipinski definition) is 5. The summed E-state index contributed by atoms with van der Waals surface area (Å²) in [5.41, 5.74) is 2.64. The minimum absolute atomic E-state index is 0.0397. The summed E-state index contributed by atoms with van der Waals surface area (Å²) in [7, 11) is 0. The zero-order chi connectivity index (χ0) is 23.4. The molecule has 2 saturated carbocycles. The summed E-state index contributed by atoms with van der Waals surface area (Å²) in [4.78, 5) is 12.0. The number of carbonyl (C=O) groups is 1. The molecule has 2 heterocycles. The highest BCUT2D eigenvalue weighted by atomic mass is 79.9. The van der Waals surface area contributed by atoms with Crippen LogP contribution in [0.5, 0.6) is 0 Å². The Morgan fingerprint density at radius 2 is 2.03 bits per heavy atom. The molecule has 2 aliphatic heterocycles. The van der Waals surface area contributed by atoms with Gasteiger partial charge in [0.2, 0.25) is 0 Å². The fraction of sp³-hybridized carbons (Fsp3) is 0.593. The smallest absolute Gasteiger partial charge is 0.336 e. The first kappa shape index (κ1) is 23.3. The van der Waals surface area contributed by atoms with Crippen LogP contribution in [0.4, 0.5) is 0 Å². The quantitative estimate of drug-likeness (QED) is 0.327. The molecule has 2 saturated heterocycles. The summed E-state index contributed by atoms with van der Waals surface area (Å²) in [5, 5.41) is 10.1. The maximum Gasteiger partial charge on any atom is 0.336 e. The van der Waals surface area contributed by atoms with Crippen LogP contribution in [0.3, 0.4) is 0 Å². The van der Waals surface area contributed by atoms with E-state index in [1.165, 1.54) is 5.57 Å². The van der Waals surface area contributed by atoms with Crippen molar-refractivity contribution in [3.05, 3.63) is 58.1 Å². The maximum atomic E-state index is 12.0. The monoisotopic (exact) mass is 516 g/mol. The number of cyclic esters (lactones) is 1. The highest BCUT2D eigenvalue weighted by molar-refractivity contribution is 9.10. The second-order valence-electron chi connectivity index (χ2n) is 10.7. The van der Waals surface area contributed by atoms with Crippen molar-refractivity contribution in [2.75, 3.05) is 13.2 Å². The van der Waals surface area contributed by atoms with Crippen molar-refractivity contribution in [2.24, 2.45) is 22.7 Å². The predicted octanol–water partition coefficient (Wildman–Crippen LogP) is 5.49. The minimum Gasteiger partial charge on any atom is -0.459 e. The van der Waals surface area contributed by atoms with Crippen LogP contribution in [-0.2, 0) is 19.0 Å². The SMILES string of the molecule is C=C1CC[C@@H]2[C@]3(C)CO[C@@H](c4ccccc4Br)O[C@@H]3CC[C@@]2(C)[C@@H]1C/C=C1/C(=O)OC[C@H]1O. The first-order valence-corrected chi connectivity index (χ1v) is 12.8. The highest BCUT2D eigenvalue weighted by Gasteiger charge is 2.60. The highest BCUT2D eigenvalue weighted by Crippen LogP contribution is 2.64. The number of carbonyl (C=O) groups excluding carboxylic acids is 1. The van der Waals surface area contributed by atoms with E-state index >= 15 is 0 Å². The second-order valence-corrected chi connectivity index (χ2v) is 11.5. The summed E-state index contributed by atoms with van der Waals surface area (Å²) in [6, 6.07) is 8.10. The van der Waals surface area contributed by atoms with Gasteiger partial charge >= 0.3 is 5.97 Å². The third kappa shape index (κ3) is 3.83. The first-order chi connectivity index (χ1) is 15.7. The number of aliphatic hydroxyl groups is 1. The molecule has 0 spiro atoms. The zero-order valence-electron chi connectivity index (χ0n) is 19.4. The number of aliphatic hydroxyl groups excluding tert-OH is 1. The average Bonchev–Trinajstić information content (AvgIpc) is 3.10. The van der Waals surface area contributed by atoms with E-state index in [1.54, 1.807) is 0 Å². The Labute approximate surface area is 204 Å². The molecule has 0 aromatic heterocycles. The molecule has 1 aromatic carbocycles. The zero-order valence-corrected chi connectivity index (χ0v) is 21.0. The van der Waals surface area contributed by atoms with Crippen molar-refractivity contribution >= 4 is 21.9 Å². The van der Waals surface area contributed by atoms with Gasteiger partial charge in [0.05, 0.1) is 18.3 Å². The molecule has 0 bridgehead atoms. The van der Waals surface area contributed by atoms with E-state index in [-0.39, 0.29) is 35.7 Å². The van der Waals surface area contributed by atoms with E-state index < -0.39 is 12.1 Å². The van der Waals surface area contributed by atoms with Crippen LogP contribution in [0.2, 0.25) is 0 Å². The molecule has 0 radical (unpaired) electrons. The fourth-order valence-electron chi connectivity index (χ4n) is 7.02. The van der Waals surface area contributed by atoms with Gasteiger partial charge in [-0.15, -0.1) is 0 Å². The predicted molar refractivity (Wildman–Crippen MR) is 128 cm³/mol. The van der Waals surface area contributed by atoms with Gasteiger partial charge < -0.3 is 19.3 Å². The largest absolute Gasteiger partial charge is 0.459 e. The molecule has 5 nitrogen and oxygen atoms in total. The lowest BCUT2D eigenvalue weighted by atomic mass is 9.46. The maximum absolute atomic E-state index is 12.0. The minimum atomic E-state index is -0.819. The van der Waals surface area contributed by atoms with Crippen LogP contribution in [0.15, 0.2) is 52.5 Å². The number of fused-ring (bicyclic) bond motifs is 3. The molecular weight excluding hydrogens is 484 g/mol. The van der Waals surface area contributed by atoms with Crippen LogP contribution in [0, 0.1) is 22.7 Å². The van der Waals surface area contributed by atoms with Gasteiger partial charge in [0, 0.05) is 15.5 Å². The van der Waals surface area contributed by atoms with Crippen LogP contribution in [-0.4, -0.2) is 36.5 Å². The third-order valence-corrected chi connectivity index (χ3v) is 9.57. The molecule has 178 valence electrons. The molecule has 1 N–H and O–H groups in total. The summed E-state index contributed by atoms with van der Waals surface area (Å²) in [6.07, 6.45) is 5.63. The van der Waals surface area contributed by atoms with E-state index in [2.05, 4.69) is 42.4 Å². The molecule has 5 rings (SSSR count). The molecule has 2 aliphatic carbocycles. The average molecular weight is 517 g/mol. The lowest BCUT2D eigenvalue weighted by Crippen LogP contribution is -2.60. The Kier molecular flexibility index (Phi) is 6.09. The lowest BCUT2D eigenvalue weighted by Gasteiger charge is -2.62. The molecule has 33 heavy (non-hydrogen) atoms. The summed E-state index contributed by atoms with van der Waals surface area (Å²) in [6.45, 7) is 9.86. The van der Waals surface area contributed by atoms with E-state index in [4.69, 9.17) is 14.2 Å². The number of benzene rings is 1. The van der Waals surface area contributed by atoms with Gasteiger partial charge in [-0.05, 0) is 55.4 Å². The first-order valence-electron chi connectivity index (χ1n) is 12.0. The van der Waals surface area contributed by atoms with Crippen LogP contribution >= 0.6 is 15.9 Å². The molecule has 0 amide bonds. The molecule has 1 aromatic rings. The van der Waals surface area contributed by atoms with E-state index in [1.807, 2.05) is 24.3 Å². The van der Waals surface area contributed by atoms with Crippen molar-refractivity contribution in [3.8, 4) is 0 Å². The second kappa shape index (κ2) is 8.63. The standard InChI is InChI=1S/C27H33BrO5/c1-16-8-11-22-26(2,19(16)10-9-18-21(29)14-31-24(18)30)13-12-23-27(22,3)15-32-25(33-23)17-6-4-5-7-20(17)28/h4-7,9,19,21-23,25,29H,1,8,10-15H2,2-3H3/b18-9+/t19-,21-,22+,23-,25-,26+,27+/m1/s1.